The van der Waals surface area contributed by atoms with Gasteiger partial charge in [0.1, 0.15) is 18.4 Å². The minimum Gasteiger partial charge on any atom is -0.497 e. The smallest absolute Gasteiger partial charge is 0.268 e. The van der Waals surface area contributed by atoms with Crippen LogP contribution in [0.4, 0.5) is 0 Å². The number of hydrogen-bond acceptors (Lipinski definition) is 6. The highest BCUT2D eigenvalue weighted by Gasteiger charge is 2.40. The SMILES string of the molecule is COc1ccc(CN(C(=O)C2COc3ccccc3O2)C(C(=O)NC2CCCCC2)c2cn(C)nc2C)cc1. The quantitative estimate of drug-likeness (QED) is 0.470. The van der Waals surface area contributed by atoms with Crippen molar-refractivity contribution >= 4 is 11.8 Å². The van der Waals surface area contributed by atoms with Crippen LogP contribution in [0, 0.1) is 6.92 Å². The zero-order valence-electron chi connectivity index (χ0n) is 22.8. The van der Waals surface area contributed by atoms with Crippen molar-refractivity contribution < 1.29 is 23.8 Å². The normalized spacial score (nSPS) is 17.8. The van der Waals surface area contributed by atoms with Crippen LogP contribution >= 0.6 is 0 Å². The Kier molecular flexibility index (Phi) is 8.05. The lowest BCUT2D eigenvalue weighted by Crippen LogP contribution is -2.52. The molecule has 1 aliphatic carbocycles. The summed E-state index contributed by atoms with van der Waals surface area (Å²) in [5.41, 5.74) is 2.24. The average Bonchev–Trinajstić information content (AvgIpc) is 3.29. The molecule has 2 atom stereocenters. The highest BCUT2D eigenvalue weighted by Crippen LogP contribution is 2.34. The van der Waals surface area contributed by atoms with Crippen LogP contribution < -0.4 is 19.5 Å². The topological polar surface area (TPSA) is 94.9 Å². The van der Waals surface area contributed by atoms with Gasteiger partial charge in [-0.15, -0.1) is 0 Å². The van der Waals surface area contributed by atoms with E-state index in [4.69, 9.17) is 14.2 Å². The van der Waals surface area contributed by atoms with Crippen LogP contribution in [0.5, 0.6) is 17.2 Å². The van der Waals surface area contributed by atoms with Crippen LogP contribution in [0.2, 0.25) is 0 Å². The van der Waals surface area contributed by atoms with E-state index in [1.54, 1.807) is 22.8 Å². The van der Waals surface area contributed by atoms with E-state index in [-0.39, 0.29) is 31.0 Å². The fraction of sp³-hybridized carbons (Fsp3) is 0.433. The molecule has 2 aliphatic rings. The van der Waals surface area contributed by atoms with Crippen molar-refractivity contribution in [3.05, 3.63) is 71.5 Å². The Hall–Kier alpha value is -4.01. The zero-order chi connectivity index (χ0) is 27.4. The van der Waals surface area contributed by atoms with Crippen LogP contribution in [0.1, 0.15) is 55.0 Å². The number of aromatic nitrogens is 2. The van der Waals surface area contributed by atoms with Gasteiger partial charge in [0, 0.05) is 31.4 Å². The minimum absolute atomic E-state index is 0.0535. The van der Waals surface area contributed by atoms with E-state index < -0.39 is 12.1 Å². The van der Waals surface area contributed by atoms with Gasteiger partial charge >= 0.3 is 0 Å². The summed E-state index contributed by atoms with van der Waals surface area (Å²) in [6, 6.07) is 14.0. The van der Waals surface area contributed by atoms with E-state index >= 15 is 0 Å². The second-order valence-electron chi connectivity index (χ2n) is 10.3. The molecule has 0 saturated heterocycles. The summed E-state index contributed by atoms with van der Waals surface area (Å²) in [6.07, 6.45) is 6.15. The van der Waals surface area contributed by atoms with Gasteiger partial charge in [0.2, 0.25) is 12.0 Å². The highest BCUT2D eigenvalue weighted by molar-refractivity contribution is 5.91. The lowest BCUT2D eigenvalue weighted by molar-refractivity contribution is -0.149. The predicted octanol–water partition coefficient (Wildman–Crippen LogP) is 4.10. The largest absolute Gasteiger partial charge is 0.497 e. The number of carbonyl (C=O) groups is 2. The molecule has 1 aromatic heterocycles. The van der Waals surface area contributed by atoms with Gasteiger partial charge in [-0.05, 0) is 49.6 Å². The number of para-hydroxylation sites is 2. The molecule has 0 bridgehead atoms. The van der Waals surface area contributed by atoms with Gasteiger partial charge in [0.25, 0.3) is 5.91 Å². The Morgan fingerprint density at radius 2 is 1.82 bits per heavy atom. The molecule has 1 N–H and O–H groups in total. The maximum Gasteiger partial charge on any atom is 0.268 e. The van der Waals surface area contributed by atoms with Crippen molar-refractivity contribution in [1.82, 2.24) is 20.0 Å². The first-order valence-electron chi connectivity index (χ1n) is 13.6. The summed E-state index contributed by atoms with van der Waals surface area (Å²) >= 11 is 0. The van der Waals surface area contributed by atoms with E-state index in [1.165, 1.54) is 6.42 Å². The van der Waals surface area contributed by atoms with Crippen molar-refractivity contribution in [2.45, 2.75) is 63.8 Å². The molecule has 0 radical (unpaired) electrons. The molecule has 9 nitrogen and oxygen atoms in total. The van der Waals surface area contributed by atoms with Crippen LogP contribution in [-0.2, 0) is 23.2 Å². The number of rotatable bonds is 8. The lowest BCUT2D eigenvalue weighted by Gasteiger charge is -2.36. The number of nitrogens with zero attached hydrogens (tertiary/aromatic N) is 3. The monoisotopic (exact) mass is 532 g/mol. The summed E-state index contributed by atoms with van der Waals surface area (Å²) in [5, 5.41) is 7.75. The van der Waals surface area contributed by atoms with E-state index in [1.807, 2.05) is 62.6 Å². The molecule has 3 aromatic rings. The first-order valence-corrected chi connectivity index (χ1v) is 13.6. The first-order chi connectivity index (χ1) is 18.9. The summed E-state index contributed by atoms with van der Waals surface area (Å²) < 4.78 is 19.0. The molecule has 2 amide bonds. The van der Waals surface area contributed by atoms with Crippen molar-refractivity contribution in [2.75, 3.05) is 13.7 Å². The number of carbonyl (C=O) groups excluding carboxylic acids is 2. The standard InChI is InChI=1S/C30H36N4O5/c1-20-24(18-33(2)32-20)28(29(35)31-22-9-5-4-6-10-22)34(17-21-13-15-23(37-3)16-14-21)30(36)27-19-38-25-11-7-8-12-26(25)39-27/h7-8,11-16,18,22,27-28H,4-6,9-10,17,19H2,1-3H3,(H,31,35). The number of nitrogens with one attached hydrogen (secondary N) is 1. The van der Waals surface area contributed by atoms with Gasteiger partial charge in [-0.25, -0.2) is 0 Å². The Labute approximate surface area is 229 Å². The van der Waals surface area contributed by atoms with E-state index in [0.29, 0.717) is 28.5 Å². The summed E-state index contributed by atoms with van der Waals surface area (Å²) in [5.74, 6) is 1.28. The molecule has 39 heavy (non-hydrogen) atoms. The number of benzene rings is 2. The fourth-order valence-corrected chi connectivity index (χ4v) is 5.41. The molecule has 206 valence electrons. The number of fused-ring (bicyclic) bond motifs is 1. The maximum atomic E-state index is 14.3. The highest BCUT2D eigenvalue weighted by atomic mass is 16.6. The van der Waals surface area contributed by atoms with Crippen molar-refractivity contribution in [3.63, 3.8) is 0 Å². The lowest BCUT2D eigenvalue weighted by atomic mass is 9.94. The molecule has 1 saturated carbocycles. The summed E-state index contributed by atoms with van der Waals surface area (Å²) in [4.78, 5) is 29.9. The van der Waals surface area contributed by atoms with Gasteiger partial charge in [-0.2, -0.15) is 5.10 Å². The van der Waals surface area contributed by atoms with Gasteiger partial charge in [-0.3, -0.25) is 14.3 Å². The number of hydrogen-bond donors (Lipinski definition) is 1. The molecule has 2 unspecified atom stereocenters. The minimum atomic E-state index is -0.903. The number of methoxy groups -OCH3 is 1. The van der Waals surface area contributed by atoms with Gasteiger partial charge in [-0.1, -0.05) is 43.5 Å². The third kappa shape index (κ3) is 6.02. The molecule has 1 aliphatic heterocycles. The van der Waals surface area contributed by atoms with Crippen molar-refractivity contribution in [3.8, 4) is 17.2 Å². The van der Waals surface area contributed by atoms with Crippen LogP contribution in [0.25, 0.3) is 0 Å². The maximum absolute atomic E-state index is 14.3. The van der Waals surface area contributed by atoms with E-state index in [2.05, 4.69) is 10.4 Å². The van der Waals surface area contributed by atoms with Gasteiger partial charge in [0.15, 0.2) is 11.5 Å². The van der Waals surface area contributed by atoms with Gasteiger partial charge in [0.05, 0.1) is 12.8 Å². The van der Waals surface area contributed by atoms with E-state index in [9.17, 15) is 9.59 Å². The Morgan fingerprint density at radius 3 is 2.49 bits per heavy atom. The van der Waals surface area contributed by atoms with Crippen molar-refractivity contribution in [2.24, 2.45) is 7.05 Å². The predicted molar refractivity (Wildman–Crippen MR) is 146 cm³/mol. The Morgan fingerprint density at radius 1 is 1.10 bits per heavy atom. The van der Waals surface area contributed by atoms with Crippen LogP contribution in [0.15, 0.2) is 54.7 Å². The number of ether oxygens (including phenoxy) is 3. The molecular weight excluding hydrogens is 496 g/mol. The second kappa shape index (κ2) is 11.8. The van der Waals surface area contributed by atoms with Crippen LogP contribution in [0.3, 0.4) is 0 Å². The molecule has 9 heteroatoms. The molecule has 1 fully saturated rings. The molecular formula is C30H36N4O5. The zero-order valence-corrected chi connectivity index (χ0v) is 22.8. The number of aryl methyl sites for hydroxylation is 2. The second-order valence-corrected chi connectivity index (χ2v) is 10.3. The Balaban J connectivity index is 1.51. The fourth-order valence-electron chi connectivity index (χ4n) is 5.41. The summed E-state index contributed by atoms with van der Waals surface area (Å²) in [7, 11) is 3.43. The first kappa shape index (κ1) is 26.6. The molecule has 5 rings (SSSR count). The van der Waals surface area contributed by atoms with E-state index in [0.717, 1.165) is 31.2 Å². The number of amides is 2. The molecule has 2 heterocycles. The molecule has 0 spiro atoms. The third-order valence-corrected chi connectivity index (χ3v) is 7.44. The van der Waals surface area contributed by atoms with Crippen molar-refractivity contribution in [1.29, 1.82) is 0 Å². The molecule has 2 aromatic carbocycles. The van der Waals surface area contributed by atoms with Crippen LogP contribution in [-0.4, -0.2) is 52.4 Å². The van der Waals surface area contributed by atoms with Gasteiger partial charge < -0.3 is 24.4 Å². The summed E-state index contributed by atoms with van der Waals surface area (Å²) in [6.45, 7) is 2.11. The Bertz CT molecular complexity index is 1300. The third-order valence-electron chi connectivity index (χ3n) is 7.44. The average molecular weight is 533 g/mol.